The summed E-state index contributed by atoms with van der Waals surface area (Å²) in [6.07, 6.45) is 0. The third-order valence-electron chi connectivity index (χ3n) is 4.28. The van der Waals surface area contributed by atoms with Gasteiger partial charge in [0.2, 0.25) is 8.32 Å². The van der Waals surface area contributed by atoms with E-state index >= 15 is 0 Å². The molecule has 27 heavy (non-hydrogen) atoms. The minimum atomic E-state index is -1.87. The molecule has 0 aromatic heterocycles. The molecule has 0 rings (SSSR count). The molecule has 0 aromatic rings. The van der Waals surface area contributed by atoms with Crippen molar-refractivity contribution in [3.63, 3.8) is 0 Å². The topological polar surface area (TPSA) is 55.4 Å². The second-order valence-corrected chi connectivity index (χ2v) is 21.2. The van der Waals surface area contributed by atoms with E-state index in [1.165, 1.54) is 0 Å². The summed E-state index contributed by atoms with van der Waals surface area (Å²) in [7, 11) is 4.47. The molecule has 0 aliphatic carbocycles. The van der Waals surface area contributed by atoms with Crippen LogP contribution in [0.4, 0.5) is 0 Å². The van der Waals surface area contributed by atoms with Crippen LogP contribution in [0.25, 0.3) is 0 Å². The van der Waals surface area contributed by atoms with E-state index < -0.39 is 34.5 Å². The molecule has 0 saturated heterocycles. The largest absolute Gasteiger partial charge is 0.420 e. The maximum atomic E-state index is 5.47. The van der Waals surface area contributed by atoms with Crippen molar-refractivity contribution in [3.05, 3.63) is 12.3 Å². The maximum absolute atomic E-state index is 5.47. The fourth-order valence-corrected chi connectivity index (χ4v) is 6.46. The molecule has 170 valence electrons. The molecular weight excluding hydrogens is 596 g/mol. The van der Waals surface area contributed by atoms with E-state index in [4.69, 9.17) is 26.6 Å². The van der Waals surface area contributed by atoms with E-state index in [0.29, 0.717) is 0 Å². The molecular formula is C16H44O6PtSi4. The first-order valence-electron chi connectivity index (χ1n) is 8.72. The fourth-order valence-electron chi connectivity index (χ4n) is 1.10. The van der Waals surface area contributed by atoms with Crippen LogP contribution in [-0.4, -0.2) is 77.1 Å². The summed E-state index contributed by atoms with van der Waals surface area (Å²) < 4.78 is 31.0. The van der Waals surface area contributed by atoms with Gasteiger partial charge in [0, 0.05) is 63.7 Å². The van der Waals surface area contributed by atoms with Gasteiger partial charge in [0.1, 0.15) is 0 Å². The summed E-state index contributed by atoms with van der Waals surface area (Å²) >= 11 is 0. The molecule has 0 radical (unpaired) electrons. The zero-order valence-corrected chi connectivity index (χ0v) is 26.0. The van der Waals surface area contributed by atoms with Crippen molar-refractivity contribution in [2.75, 3.05) is 42.7 Å². The first-order chi connectivity index (χ1) is 11.8. The average molecular weight is 640 g/mol. The minimum Gasteiger partial charge on any atom is -0.420 e. The zero-order chi connectivity index (χ0) is 21.4. The Bertz CT molecular complexity index is 341. The Labute approximate surface area is 187 Å². The van der Waals surface area contributed by atoms with Crippen LogP contribution < -0.4 is 0 Å². The molecule has 0 bridgehead atoms. The zero-order valence-electron chi connectivity index (χ0n) is 19.5. The smallest absolute Gasteiger partial charge is 0.334 e. The van der Waals surface area contributed by atoms with Crippen molar-refractivity contribution >= 4 is 34.5 Å². The van der Waals surface area contributed by atoms with Crippen molar-refractivity contribution in [1.29, 1.82) is 0 Å². The van der Waals surface area contributed by atoms with Gasteiger partial charge in [-0.1, -0.05) is 5.70 Å². The van der Waals surface area contributed by atoms with Crippen molar-refractivity contribution in [2.45, 2.75) is 51.4 Å². The minimum absolute atomic E-state index is 0. The molecule has 6 nitrogen and oxygen atoms in total. The SMILES string of the molecule is C=C[Si](C)(C)OC.CO[SiH](C)OC.CO[Si](C)(C)CC[Si](C)(OC)OC.[Pt]. The third-order valence-corrected chi connectivity index (χ3v) is 13.6. The molecule has 0 spiro atoms. The summed E-state index contributed by atoms with van der Waals surface area (Å²) in [4.78, 5) is 0. The molecule has 0 atom stereocenters. The van der Waals surface area contributed by atoms with Crippen molar-refractivity contribution in [1.82, 2.24) is 0 Å². The summed E-state index contributed by atoms with van der Waals surface area (Å²) in [5, 5.41) is 0. The van der Waals surface area contributed by atoms with E-state index in [9.17, 15) is 0 Å². The van der Waals surface area contributed by atoms with E-state index in [1.807, 2.05) is 12.2 Å². The van der Waals surface area contributed by atoms with Gasteiger partial charge in [-0.2, -0.15) is 0 Å². The molecule has 0 aliphatic heterocycles. The molecule has 0 N–H and O–H groups in total. The molecule has 0 aromatic carbocycles. The van der Waals surface area contributed by atoms with Crippen LogP contribution in [0.5, 0.6) is 0 Å². The Kier molecular flexibility index (Phi) is 25.0. The van der Waals surface area contributed by atoms with Gasteiger partial charge in [0.05, 0.1) is 0 Å². The number of hydrogen-bond donors (Lipinski definition) is 0. The Hall–Kier alpha value is 1.06. The van der Waals surface area contributed by atoms with Crippen molar-refractivity contribution < 1.29 is 47.6 Å². The van der Waals surface area contributed by atoms with Crippen LogP contribution in [-0.2, 0) is 47.6 Å². The molecule has 0 saturated carbocycles. The molecule has 0 fully saturated rings. The van der Waals surface area contributed by atoms with E-state index in [2.05, 4.69) is 39.3 Å². The summed E-state index contributed by atoms with van der Waals surface area (Å²) in [6, 6.07) is 2.13. The van der Waals surface area contributed by atoms with Crippen molar-refractivity contribution in [2.24, 2.45) is 0 Å². The Morgan fingerprint density at radius 3 is 1.30 bits per heavy atom. The molecule has 0 heterocycles. The molecule has 11 heteroatoms. The fraction of sp³-hybridized carbons (Fsp3) is 0.875. The van der Waals surface area contributed by atoms with Gasteiger partial charge in [-0.25, -0.2) is 0 Å². The Morgan fingerprint density at radius 1 is 0.741 bits per heavy atom. The summed E-state index contributed by atoms with van der Waals surface area (Å²) in [6.45, 7) is 16.3. The number of hydrogen-bond acceptors (Lipinski definition) is 6. The van der Waals surface area contributed by atoms with Gasteiger partial charge >= 0.3 is 17.8 Å². The maximum Gasteiger partial charge on any atom is 0.334 e. The van der Waals surface area contributed by atoms with Crippen LogP contribution in [0.1, 0.15) is 0 Å². The normalized spacial score (nSPS) is 11.6. The van der Waals surface area contributed by atoms with E-state index in [0.717, 1.165) is 12.1 Å². The quantitative estimate of drug-likeness (QED) is 0.339. The van der Waals surface area contributed by atoms with Gasteiger partial charge in [0.15, 0.2) is 8.32 Å². The standard InChI is InChI=1S/C8H22O3Si2.C5H12OSi.C3H10O2Si.Pt/c1-9-12(4,5)7-8-13(6,10-2)11-3;1-5-7(3,4)6-2;1-4-6(3)5-2;/h7-8H2,1-6H3;5H,1H2,2-4H3;6H,1-3H3;. The van der Waals surface area contributed by atoms with Crippen LogP contribution in [0.3, 0.4) is 0 Å². The Balaban J connectivity index is -0.000000160. The molecule has 0 aliphatic rings. The predicted molar refractivity (Wildman–Crippen MR) is 121 cm³/mol. The second kappa shape index (κ2) is 19.0. The molecule has 0 unspecified atom stereocenters. The van der Waals surface area contributed by atoms with Crippen molar-refractivity contribution in [3.8, 4) is 0 Å². The first kappa shape index (κ1) is 35.5. The summed E-state index contributed by atoms with van der Waals surface area (Å²) in [5.41, 5.74) is 1.91. The van der Waals surface area contributed by atoms with Crippen LogP contribution in [0.15, 0.2) is 12.3 Å². The van der Waals surface area contributed by atoms with Crippen LogP contribution in [0, 0.1) is 0 Å². The van der Waals surface area contributed by atoms with Gasteiger partial charge in [0.25, 0.3) is 0 Å². The predicted octanol–water partition coefficient (Wildman–Crippen LogP) is 3.89. The molecule has 0 amide bonds. The second-order valence-electron chi connectivity index (χ2n) is 7.06. The van der Waals surface area contributed by atoms with Gasteiger partial charge < -0.3 is 26.6 Å². The Morgan fingerprint density at radius 2 is 1.15 bits per heavy atom. The average Bonchev–Trinajstić information content (AvgIpc) is 2.66. The van der Waals surface area contributed by atoms with Gasteiger partial charge in [-0.3, -0.25) is 0 Å². The van der Waals surface area contributed by atoms with Crippen LogP contribution >= 0.6 is 0 Å². The first-order valence-corrected chi connectivity index (χ1v) is 19.4. The van der Waals surface area contributed by atoms with Crippen LogP contribution in [0.2, 0.25) is 51.4 Å². The van der Waals surface area contributed by atoms with Gasteiger partial charge in [-0.05, 0) is 51.4 Å². The van der Waals surface area contributed by atoms with E-state index in [-0.39, 0.29) is 21.1 Å². The van der Waals surface area contributed by atoms with Gasteiger partial charge in [-0.15, -0.1) is 6.58 Å². The third kappa shape index (κ3) is 23.2. The van der Waals surface area contributed by atoms with E-state index in [1.54, 1.807) is 42.7 Å². The number of rotatable bonds is 10. The monoisotopic (exact) mass is 639 g/mol. The summed E-state index contributed by atoms with van der Waals surface area (Å²) in [5.74, 6) is 0.